The molecular weight excluding hydrogens is 431 g/mol. The number of aromatic nitrogens is 3. The predicted octanol–water partition coefficient (Wildman–Crippen LogP) is 1.66. The van der Waals surface area contributed by atoms with Crippen LogP contribution in [0, 0.1) is 11.3 Å². The zero-order valence-corrected chi connectivity index (χ0v) is 16.2. The van der Waals surface area contributed by atoms with Crippen molar-refractivity contribution in [2.45, 2.75) is 30.6 Å². The number of hydrogen-bond acceptors (Lipinski definition) is 8. The highest BCUT2D eigenvalue weighted by atomic mass is 32.2. The Bertz CT molecular complexity index is 781. The first kappa shape index (κ1) is 26.6. The maximum atomic E-state index is 12.0. The van der Waals surface area contributed by atoms with Gasteiger partial charge in [-0.3, -0.25) is 5.32 Å². The van der Waals surface area contributed by atoms with Crippen LogP contribution in [0.25, 0.3) is 0 Å². The van der Waals surface area contributed by atoms with Crippen LogP contribution < -0.4 is 11.1 Å². The molecule has 0 fully saturated rings. The molecule has 0 saturated heterocycles. The Kier molecular flexibility index (Phi) is 12.9. The van der Waals surface area contributed by atoms with Gasteiger partial charge in [-0.2, -0.15) is 23.4 Å². The summed E-state index contributed by atoms with van der Waals surface area (Å²) in [4.78, 5) is 33.9. The number of rotatable bonds is 9. The first-order valence-electron chi connectivity index (χ1n) is 8.00. The van der Waals surface area contributed by atoms with Gasteiger partial charge in [-0.15, -0.1) is 0 Å². The molecule has 5 N–H and O–H groups in total. The Morgan fingerprint density at radius 3 is 2.43 bits per heavy atom. The quantitative estimate of drug-likeness (QED) is 0.141. The molecular formula is C15H18F3N7O4S. The van der Waals surface area contributed by atoms with Crippen LogP contribution >= 0.6 is 11.8 Å². The van der Waals surface area contributed by atoms with E-state index in [4.69, 9.17) is 21.2 Å². The third kappa shape index (κ3) is 16.7. The average Bonchev–Trinajstić information content (AvgIpc) is 2.65. The van der Waals surface area contributed by atoms with Gasteiger partial charge >= 0.3 is 18.1 Å². The fraction of sp³-hybridized carbons (Fsp3) is 0.400. The number of alkyl halides is 3. The van der Waals surface area contributed by atoms with Gasteiger partial charge in [0.15, 0.2) is 11.1 Å². The second kappa shape index (κ2) is 14.6. The van der Waals surface area contributed by atoms with Gasteiger partial charge in [-0.25, -0.2) is 24.5 Å². The number of hydrogen-bond donors (Lipinski definition) is 4. The van der Waals surface area contributed by atoms with Gasteiger partial charge in [0, 0.05) is 24.3 Å². The topological polar surface area (TPSA) is 187 Å². The lowest BCUT2D eigenvalue weighted by atomic mass is 10.3. The van der Waals surface area contributed by atoms with Gasteiger partial charge < -0.3 is 15.9 Å². The highest BCUT2D eigenvalue weighted by Crippen LogP contribution is 2.16. The van der Waals surface area contributed by atoms with E-state index >= 15 is 0 Å². The molecule has 0 radical (unpaired) electrons. The second-order valence-electron chi connectivity index (χ2n) is 5.01. The van der Waals surface area contributed by atoms with Crippen molar-refractivity contribution in [3.8, 4) is 6.07 Å². The second-order valence-corrected chi connectivity index (χ2v) is 6.07. The molecule has 30 heavy (non-hydrogen) atoms. The molecule has 0 amide bonds. The summed E-state index contributed by atoms with van der Waals surface area (Å²) in [6, 6.07) is 2.05. The summed E-state index contributed by atoms with van der Waals surface area (Å²) < 4.78 is 36.0. The third-order valence-corrected chi connectivity index (χ3v) is 3.45. The molecule has 1 aromatic heterocycles. The standard InChI is InChI=1S/C11H14F3N7S.C4H4O4/c12-11(13,14)6-17-8(16)20-9-18-7-19-10(21-9)22-5-3-1-2-4-15;5-3(6)1-2-4(7)8/h7H,1-3,5-6H2,(H3,16,17,18,19,20,21);1-2H,(H,5,6)(H,7,8). The fourth-order valence-corrected chi connectivity index (χ4v) is 2.16. The van der Waals surface area contributed by atoms with E-state index in [1.165, 1.54) is 18.1 Å². The van der Waals surface area contributed by atoms with Crippen molar-refractivity contribution < 1.29 is 33.0 Å². The Morgan fingerprint density at radius 2 is 1.90 bits per heavy atom. The fourth-order valence-electron chi connectivity index (χ4n) is 1.35. The Balaban J connectivity index is 0.000000890. The summed E-state index contributed by atoms with van der Waals surface area (Å²) in [7, 11) is 0. The number of nitrogens with one attached hydrogen (secondary N) is 1. The van der Waals surface area contributed by atoms with Crippen LogP contribution in [0.4, 0.5) is 19.1 Å². The van der Waals surface area contributed by atoms with Crippen LogP contribution in [-0.2, 0) is 9.59 Å². The number of halogens is 3. The molecule has 11 nitrogen and oxygen atoms in total. The number of aliphatic carboxylic acids is 2. The highest BCUT2D eigenvalue weighted by Gasteiger charge is 2.26. The molecule has 0 atom stereocenters. The molecule has 1 rings (SSSR count). The van der Waals surface area contributed by atoms with Crippen LogP contribution in [0.3, 0.4) is 0 Å². The number of unbranched alkanes of at least 4 members (excludes halogenated alkanes) is 2. The van der Waals surface area contributed by atoms with Crippen molar-refractivity contribution >= 4 is 35.6 Å². The number of nitrogens with zero attached hydrogens (tertiary/aromatic N) is 5. The molecule has 0 aliphatic carbocycles. The Labute approximate surface area is 172 Å². The minimum Gasteiger partial charge on any atom is -0.478 e. The van der Waals surface area contributed by atoms with E-state index in [0.29, 0.717) is 23.7 Å². The normalized spacial score (nSPS) is 11.3. The highest BCUT2D eigenvalue weighted by molar-refractivity contribution is 7.99. The van der Waals surface area contributed by atoms with Crippen molar-refractivity contribution in [2.75, 3.05) is 17.6 Å². The van der Waals surface area contributed by atoms with Gasteiger partial charge in [0.1, 0.15) is 12.9 Å². The SMILES string of the molecule is N#CCCCCSc1ncnc(NC(N)=NCC(F)(F)F)n1.O=C(O)C=CC(=O)O. The number of carbonyl (C=O) groups is 2. The summed E-state index contributed by atoms with van der Waals surface area (Å²) in [6.45, 7) is -1.38. The van der Waals surface area contributed by atoms with Gasteiger partial charge in [-0.05, 0) is 12.8 Å². The van der Waals surface area contributed by atoms with E-state index in [0.717, 1.165) is 18.6 Å². The minimum absolute atomic E-state index is 0.0259. The van der Waals surface area contributed by atoms with Crippen molar-refractivity contribution in [3.63, 3.8) is 0 Å². The van der Waals surface area contributed by atoms with Crippen molar-refractivity contribution in [2.24, 2.45) is 10.7 Å². The molecule has 0 unspecified atom stereocenters. The Hall–Kier alpha value is -3.41. The summed E-state index contributed by atoms with van der Waals surface area (Å²) in [5.41, 5.74) is 5.32. The zero-order chi connectivity index (χ0) is 23.0. The minimum atomic E-state index is -4.42. The van der Waals surface area contributed by atoms with Gasteiger partial charge in [0.2, 0.25) is 5.95 Å². The largest absolute Gasteiger partial charge is 0.478 e. The lowest BCUT2D eigenvalue weighted by molar-refractivity contribution is -0.134. The van der Waals surface area contributed by atoms with E-state index < -0.39 is 30.6 Å². The molecule has 0 spiro atoms. The first-order chi connectivity index (χ1) is 14.0. The van der Waals surface area contributed by atoms with E-state index in [2.05, 4.69) is 31.3 Å². The van der Waals surface area contributed by atoms with Crippen molar-refractivity contribution in [3.05, 3.63) is 18.5 Å². The molecule has 0 aliphatic rings. The van der Waals surface area contributed by atoms with Crippen LogP contribution in [0.15, 0.2) is 28.6 Å². The summed E-state index contributed by atoms with van der Waals surface area (Å²) in [5, 5.41) is 26.8. The van der Waals surface area contributed by atoms with Crippen LogP contribution in [0.5, 0.6) is 0 Å². The predicted molar refractivity (Wildman–Crippen MR) is 101 cm³/mol. The van der Waals surface area contributed by atoms with Crippen LogP contribution in [-0.4, -0.2) is 61.5 Å². The number of thioether (sulfide) groups is 1. The number of nitriles is 1. The van der Waals surface area contributed by atoms with Gasteiger partial charge in [0.25, 0.3) is 0 Å². The smallest absolute Gasteiger partial charge is 0.408 e. The van der Waals surface area contributed by atoms with Gasteiger partial charge in [0.05, 0.1) is 6.07 Å². The third-order valence-electron chi connectivity index (χ3n) is 2.50. The Morgan fingerprint density at radius 1 is 1.27 bits per heavy atom. The molecule has 1 aromatic rings. The van der Waals surface area contributed by atoms with E-state index in [1.54, 1.807) is 0 Å². The zero-order valence-electron chi connectivity index (χ0n) is 15.3. The molecule has 15 heteroatoms. The summed E-state index contributed by atoms with van der Waals surface area (Å²) in [5.74, 6) is -2.19. The van der Waals surface area contributed by atoms with E-state index in [9.17, 15) is 22.8 Å². The maximum Gasteiger partial charge on any atom is 0.408 e. The molecule has 0 saturated carbocycles. The van der Waals surface area contributed by atoms with Crippen LogP contribution in [0.2, 0.25) is 0 Å². The molecule has 0 bridgehead atoms. The molecule has 0 aromatic carbocycles. The monoisotopic (exact) mass is 449 g/mol. The van der Waals surface area contributed by atoms with Crippen molar-refractivity contribution in [1.82, 2.24) is 15.0 Å². The molecule has 0 aliphatic heterocycles. The lowest BCUT2D eigenvalue weighted by Crippen LogP contribution is -2.26. The van der Waals surface area contributed by atoms with Gasteiger partial charge in [-0.1, -0.05) is 11.8 Å². The van der Waals surface area contributed by atoms with E-state index in [-0.39, 0.29) is 5.95 Å². The number of anilines is 1. The lowest BCUT2D eigenvalue weighted by Gasteiger charge is -2.06. The maximum absolute atomic E-state index is 12.0. The number of aliphatic imine (C=N–C) groups is 1. The molecule has 164 valence electrons. The first-order valence-corrected chi connectivity index (χ1v) is 8.98. The number of carboxylic acids is 2. The molecule has 1 heterocycles. The average molecular weight is 449 g/mol. The number of guanidine groups is 1. The van der Waals surface area contributed by atoms with Crippen LogP contribution in [0.1, 0.15) is 19.3 Å². The number of carboxylic acid groups (broad SMARTS) is 2. The van der Waals surface area contributed by atoms with Crippen molar-refractivity contribution in [1.29, 1.82) is 5.26 Å². The van der Waals surface area contributed by atoms with E-state index in [1.807, 2.05) is 0 Å². The summed E-state index contributed by atoms with van der Waals surface area (Å²) in [6.07, 6.45) is 0.0415. The summed E-state index contributed by atoms with van der Waals surface area (Å²) >= 11 is 1.36. The number of nitrogens with two attached hydrogens (primary N) is 1.